The van der Waals surface area contributed by atoms with Gasteiger partial charge in [0.15, 0.2) is 12.4 Å². The number of aromatic nitrogens is 1. The number of pyridine rings is 1. The molecule has 0 saturated carbocycles. The molecule has 1 aromatic heterocycles. The molecule has 0 unspecified atom stereocenters. The number of imide groups is 1. The first-order chi connectivity index (χ1) is 10.9. The van der Waals surface area contributed by atoms with E-state index in [1.165, 1.54) is 6.07 Å². The van der Waals surface area contributed by atoms with E-state index in [1.807, 2.05) is 13.0 Å². The second kappa shape index (κ2) is 7.48. The summed E-state index contributed by atoms with van der Waals surface area (Å²) in [7, 11) is 0. The lowest BCUT2D eigenvalue weighted by atomic mass is 10.2. The molecule has 8 heteroatoms. The van der Waals surface area contributed by atoms with E-state index in [4.69, 9.17) is 27.9 Å². The van der Waals surface area contributed by atoms with Crippen LogP contribution in [0.25, 0.3) is 10.9 Å². The Labute approximate surface area is 143 Å². The summed E-state index contributed by atoms with van der Waals surface area (Å²) in [5, 5.41) is 5.94. The van der Waals surface area contributed by atoms with E-state index in [0.29, 0.717) is 22.5 Å². The molecule has 23 heavy (non-hydrogen) atoms. The summed E-state index contributed by atoms with van der Waals surface area (Å²) in [6, 6.07) is 4.56. The molecule has 1 heterocycles. The van der Waals surface area contributed by atoms with Crippen molar-refractivity contribution in [3.8, 4) is 5.75 Å². The molecular weight excluding hydrogens is 341 g/mol. The number of fused-ring (bicyclic) bond motifs is 1. The van der Waals surface area contributed by atoms with Gasteiger partial charge in [0.05, 0.1) is 10.0 Å². The summed E-state index contributed by atoms with van der Waals surface area (Å²) < 4.78 is 5.46. The largest absolute Gasteiger partial charge is 0.480 e. The zero-order valence-electron chi connectivity index (χ0n) is 12.6. The third-order valence-electron chi connectivity index (χ3n) is 2.92. The van der Waals surface area contributed by atoms with Gasteiger partial charge < -0.3 is 10.1 Å². The minimum atomic E-state index is -0.595. The molecule has 2 rings (SSSR count). The third kappa shape index (κ3) is 4.24. The number of ether oxygens (including phenoxy) is 1. The van der Waals surface area contributed by atoms with E-state index in [0.717, 1.165) is 5.69 Å². The van der Waals surface area contributed by atoms with Crippen LogP contribution in [0, 0.1) is 6.92 Å². The van der Waals surface area contributed by atoms with Crippen molar-refractivity contribution in [2.24, 2.45) is 0 Å². The highest BCUT2D eigenvalue weighted by Gasteiger charge is 2.15. The first-order valence-electron chi connectivity index (χ1n) is 6.88. The van der Waals surface area contributed by atoms with Crippen LogP contribution in [0.2, 0.25) is 10.0 Å². The number of carbonyl (C=O) groups excluding carboxylic acids is 2. The zero-order valence-corrected chi connectivity index (χ0v) is 14.1. The fourth-order valence-corrected chi connectivity index (χ4v) is 2.50. The Bertz CT molecular complexity index is 765. The predicted molar refractivity (Wildman–Crippen MR) is 89.2 cm³/mol. The van der Waals surface area contributed by atoms with Crippen molar-refractivity contribution in [2.75, 3.05) is 13.2 Å². The number of halogens is 2. The number of nitrogens with zero attached hydrogens (tertiary/aromatic N) is 1. The lowest BCUT2D eigenvalue weighted by molar-refractivity contribution is -0.121. The average Bonchev–Trinajstić information content (AvgIpc) is 2.46. The van der Waals surface area contributed by atoms with E-state index < -0.39 is 11.9 Å². The molecule has 0 aliphatic carbocycles. The van der Waals surface area contributed by atoms with Gasteiger partial charge in [-0.15, -0.1) is 0 Å². The molecular formula is C15H15Cl2N3O3. The Kier molecular flexibility index (Phi) is 5.63. The van der Waals surface area contributed by atoms with Crippen LogP contribution in [0.4, 0.5) is 4.79 Å². The second-order valence-corrected chi connectivity index (χ2v) is 5.53. The van der Waals surface area contributed by atoms with Gasteiger partial charge in [0, 0.05) is 17.6 Å². The Balaban J connectivity index is 2.21. The van der Waals surface area contributed by atoms with Crippen LogP contribution in [-0.2, 0) is 4.79 Å². The van der Waals surface area contributed by atoms with Crippen LogP contribution in [-0.4, -0.2) is 30.1 Å². The van der Waals surface area contributed by atoms with Gasteiger partial charge in [0.2, 0.25) is 0 Å². The normalized spacial score (nSPS) is 10.4. The number of hydrogen-bond donors (Lipinski definition) is 2. The molecule has 0 fully saturated rings. The van der Waals surface area contributed by atoms with Crippen LogP contribution >= 0.6 is 23.2 Å². The molecule has 6 nitrogen and oxygen atoms in total. The van der Waals surface area contributed by atoms with Gasteiger partial charge in [-0.05, 0) is 32.0 Å². The molecule has 1 aromatic carbocycles. The number of nitrogens with one attached hydrogen (secondary N) is 2. The van der Waals surface area contributed by atoms with Crippen molar-refractivity contribution in [3.63, 3.8) is 0 Å². The van der Waals surface area contributed by atoms with Crippen LogP contribution in [0.5, 0.6) is 5.75 Å². The fourth-order valence-electron chi connectivity index (χ4n) is 1.93. The second-order valence-electron chi connectivity index (χ2n) is 4.71. The molecule has 122 valence electrons. The number of benzene rings is 1. The minimum absolute atomic E-state index is 0.242. The Hall–Kier alpha value is -2.05. The summed E-state index contributed by atoms with van der Waals surface area (Å²) in [4.78, 5) is 27.3. The van der Waals surface area contributed by atoms with Crippen LogP contribution in [0.15, 0.2) is 18.2 Å². The van der Waals surface area contributed by atoms with E-state index in [-0.39, 0.29) is 17.4 Å². The number of rotatable bonds is 4. The van der Waals surface area contributed by atoms with Crippen molar-refractivity contribution >= 4 is 46.0 Å². The van der Waals surface area contributed by atoms with Gasteiger partial charge in [-0.2, -0.15) is 0 Å². The van der Waals surface area contributed by atoms with Crippen molar-refractivity contribution in [1.29, 1.82) is 0 Å². The highest BCUT2D eigenvalue weighted by molar-refractivity contribution is 6.39. The number of carbonyl (C=O) groups is 2. The molecule has 0 spiro atoms. The monoisotopic (exact) mass is 355 g/mol. The maximum Gasteiger partial charge on any atom is 0.321 e. The molecule has 0 radical (unpaired) electrons. The van der Waals surface area contributed by atoms with Gasteiger partial charge in [0.25, 0.3) is 5.91 Å². The third-order valence-corrected chi connectivity index (χ3v) is 3.51. The van der Waals surface area contributed by atoms with Gasteiger partial charge in [-0.3, -0.25) is 10.1 Å². The Morgan fingerprint density at radius 1 is 1.26 bits per heavy atom. The highest BCUT2D eigenvalue weighted by Crippen LogP contribution is 2.37. The number of aryl methyl sites for hydroxylation is 1. The van der Waals surface area contributed by atoms with Crippen molar-refractivity contribution in [1.82, 2.24) is 15.6 Å². The summed E-state index contributed by atoms with van der Waals surface area (Å²) in [6.07, 6.45) is 0. The summed E-state index contributed by atoms with van der Waals surface area (Å²) in [5.74, 6) is -0.344. The van der Waals surface area contributed by atoms with Gasteiger partial charge >= 0.3 is 6.03 Å². The predicted octanol–water partition coefficient (Wildman–Crippen LogP) is 3.07. The SMILES string of the molecule is CCNC(=O)NC(=O)COc1c(Cl)cc(Cl)c2ccc(C)nc12. The number of amides is 3. The first-order valence-corrected chi connectivity index (χ1v) is 7.63. The maximum atomic E-state index is 11.7. The van der Waals surface area contributed by atoms with Crippen LogP contribution in [0.3, 0.4) is 0 Å². The molecule has 0 aliphatic rings. The highest BCUT2D eigenvalue weighted by atomic mass is 35.5. The Morgan fingerprint density at radius 2 is 2.00 bits per heavy atom. The van der Waals surface area contributed by atoms with Crippen LogP contribution in [0.1, 0.15) is 12.6 Å². The molecule has 3 amide bonds. The molecule has 0 bridgehead atoms. The molecule has 2 N–H and O–H groups in total. The van der Waals surface area contributed by atoms with E-state index >= 15 is 0 Å². The van der Waals surface area contributed by atoms with E-state index in [1.54, 1.807) is 13.0 Å². The van der Waals surface area contributed by atoms with Crippen LogP contribution < -0.4 is 15.4 Å². The van der Waals surface area contributed by atoms with Gasteiger partial charge in [0.1, 0.15) is 5.52 Å². The van der Waals surface area contributed by atoms with Gasteiger partial charge in [-0.25, -0.2) is 9.78 Å². The summed E-state index contributed by atoms with van der Waals surface area (Å²) in [6.45, 7) is 3.61. The summed E-state index contributed by atoms with van der Waals surface area (Å²) in [5.41, 5.74) is 1.22. The van der Waals surface area contributed by atoms with Crippen molar-refractivity contribution in [2.45, 2.75) is 13.8 Å². The topological polar surface area (TPSA) is 80.3 Å². The zero-order chi connectivity index (χ0) is 17.0. The lowest BCUT2D eigenvalue weighted by Gasteiger charge is -2.12. The smallest absolute Gasteiger partial charge is 0.321 e. The fraction of sp³-hybridized carbons (Fsp3) is 0.267. The standard InChI is InChI=1S/C15H15Cl2N3O3/c1-3-18-15(22)20-12(21)7-23-14-11(17)6-10(16)9-5-4-8(2)19-13(9)14/h4-6H,3,7H2,1-2H3,(H2,18,20,21,22). The minimum Gasteiger partial charge on any atom is -0.480 e. The molecule has 2 aromatic rings. The molecule has 0 atom stereocenters. The average molecular weight is 356 g/mol. The molecule has 0 aliphatic heterocycles. The lowest BCUT2D eigenvalue weighted by Crippen LogP contribution is -2.41. The summed E-state index contributed by atoms with van der Waals surface area (Å²) >= 11 is 12.3. The van der Waals surface area contributed by atoms with E-state index in [2.05, 4.69) is 15.6 Å². The van der Waals surface area contributed by atoms with Crippen molar-refractivity contribution < 1.29 is 14.3 Å². The first kappa shape index (κ1) is 17.3. The maximum absolute atomic E-state index is 11.7. The quantitative estimate of drug-likeness (QED) is 0.882. The van der Waals surface area contributed by atoms with Gasteiger partial charge in [-0.1, -0.05) is 23.2 Å². The number of urea groups is 1. The number of hydrogen-bond acceptors (Lipinski definition) is 4. The Morgan fingerprint density at radius 3 is 2.70 bits per heavy atom. The van der Waals surface area contributed by atoms with Crippen molar-refractivity contribution in [3.05, 3.63) is 33.9 Å². The van der Waals surface area contributed by atoms with E-state index in [9.17, 15) is 9.59 Å². The molecule has 0 saturated heterocycles.